The first kappa shape index (κ1) is 17.9. The summed E-state index contributed by atoms with van der Waals surface area (Å²) in [6.07, 6.45) is 0.332. The molecule has 0 radical (unpaired) electrons. The SMILES string of the molecule is Cc1noc(C)c1CC(=O)N(C)CC(C)(C)CN.Cl. The molecule has 1 rings (SSSR count). The van der Waals surface area contributed by atoms with Crippen molar-refractivity contribution in [3.05, 3.63) is 17.0 Å². The van der Waals surface area contributed by atoms with Gasteiger partial charge in [-0.25, -0.2) is 0 Å². The average molecular weight is 290 g/mol. The van der Waals surface area contributed by atoms with Gasteiger partial charge in [0.1, 0.15) is 5.76 Å². The predicted molar refractivity (Wildman–Crippen MR) is 77.4 cm³/mol. The number of nitrogens with zero attached hydrogens (tertiary/aromatic N) is 2. The van der Waals surface area contributed by atoms with Gasteiger partial charge in [-0.05, 0) is 25.8 Å². The largest absolute Gasteiger partial charge is 0.361 e. The Labute approximate surface area is 120 Å². The van der Waals surface area contributed by atoms with E-state index >= 15 is 0 Å². The highest BCUT2D eigenvalue weighted by atomic mass is 35.5. The fourth-order valence-electron chi connectivity index (χ4n) is 1.84. The third kappa shape index (κ3) is 4.84. The van der Waals surface area contributed by atoms with E-state index in [9.17, 15) is 4.79 Å². The lowest BCUT2D eigenvalue weighted by Crippen LogP contribution is -2.40. The van der Waals surface area contributed by atoms with Crippen molar-refractivity contribution < 1.29 is 9.32 Å². The second-order valence-electron chi connectivity index (χ2n) is 5.60. The minimum atomic E-state index is -0.0663. The quantitative estimate of drug-likeness (QED) is 0.895. The van der Waals surface area contributed by atoms with E-state index in [-0.39, 0.29) is 23.7 Å². The molecule has 0 bridgehead atoms. The van der Waals surface area contributed by atoms with Gasteiger partial charge >= 0.3 is 0 Å². The highest BCUT2D eigenvalue weighted by Gasteiger charge is 2.22. The first-order valence-electron chi connectivity index (χ1n) is 6.12. The number of hydrogen-bond acceptors (Lipinski definition) is 4. The predicted octanol–water partition coefficient (Wildman–Crippen LogP) is 1.70. The molecule has 0 atom stereocenters. The number of carbonyl (C=O) groups is 1. The summed E-state index contributed by atoms with van der Waals surface area (Å²) in [4.78, 5) is 13.8. The van der Waals surface area contributed by atoms with Crippen LogP contribution in [0.5, 0.6) is 0 Å². The van der Waals surface area contributed by atoms with E-state index in [1.165, 1.54) is 0 Å². The molecular weight excluding hydrogens is 266 g/mol. The Kier molecular flexibility index (Phi) is 6.52. The second-order valence-corrected chi connectivity index (χ2v) is 5.60. The first-order valence-corrected chi connectivity index (χ1v) is 6.12. The summed E-state index contributed by atoms with van der Waals surface area (Å²) in [5.41, 5.74) is 7.28. The van der Waals surface area contributed by atoms with Crippen molar-refractivity contribution in [1.82, 2.24) is 10.1 Å². The number of likely N-dealkylation sites (N-methyl/N-ethyl adjacent to an activating group) is 1. The molecule has 1 amide bonds. The van der Waals surface area contributed by atoms with Crippen molar-refractivity contribution in [2.75, 3.05) is 20.1 Å². The van der Waals surface area contributed by atoms with Crippen LogP contribution in [-0.2, 0) is 11.2 Å². The van der Waals surface area contributed by atoms with Crippen molar-refractivity contribution in [3.63, 3.8) is 0 Å². The van der Waals surface area contributed by atoms with Crippen LogP contribution in [0, 0.1) is 19.3 Å². The molecule has 1 aromatic rings. The Bertz CT molecular complexity index is 410. The van der Waals surface area contributed by atoms with Crippen LogP contribution in [0.1, 0.15) is 30.9 Å². The number of nitrogens with two attached hydrogens (primary N) is 1. The van der Waals surface area contributed by atoms with Crippen molar-refractivity contribution >= 4 is 18.3 Å². The van der Waals surface area contributed by atoms with Crippen LogP contribution >= 0.6 is 12.4 Å². The van der Waals surface area contributed by atoms with Gasteiger partial charge in [-0.1, -0.05) is 19.0 Å². The van der Waals surface area contributed by atoms with Gasteiger partial charge in [-0.15, -0.1) is 12.4 Å². The normalized spacial score (nSPS) is 11.1. The highest BCUT2D eigenvalue weighted by molar-refractivity contribution is 5.85. The molecule has 0 aliphatic rings. The maximum absolute atomic E-state index is 12.1. The zero-order valence-electron chi connectivity index (χ0n) is 12.3. The van der Waals surface area contributed by atoms with Gasteiger partial charge in [-0.2, -0.15) is 0 Å². The summed E-state index contributed by atoms with van der Waals surface area (Å²) in [6.45, 7) is 8.97. The Morgan fingerprint density at radius 1 is 1.42 bits per heavy atom. The van der Waals surface area contributed by atoms with Gasteiger partial charge < -0.3 is 15.2 Å². The van der Waals surface area contributed by atoms with E-state index < -0.39 is 0 Å². The molecule has 1 heterocycles. The number of rotatable bonds is 5. The van der Waals surface area contributed by atoms with E-state index in [1.54, 1.807) is 11.9 Å². The van der Waals surface area contributed by atoms with E-state index in [0.29, 0.717) is 25.3 Å². The summed E-state index contributed by atoms with van der Waals surface area (Å²) in [6, 6.07) is 0. The molecule has 1 aromatic heterocycles. The molecule has 0 aromatic carbocycles. The van der Waals surface area contributed by atoms with E-state index in [1.807, 2.05) is 27.7 Å². The standard InChI is InChI=1S/C13H23N3O2.ClH/c1-9-11(10(2)18-15-9)6-12(17)16(5)8-13(3,4)7-14;/h6-8,14H2,1-5H3;1H. The van der Waals surface area contributed by atoms with Gasteiger partial charge in [-0.3, -0.25) is 4.79 Å². The molecule has 0 aliphatic carbocycles. The molecule has 5 nitrogen and oxygen atoms in total. The lowest BCUT2D eigenvalue weighted by Gasteiger charge is -2.29. The van der Waals surface area contributed by atoms with Crippen LogP contribution in [0.15, 0.2) is 4.52 Å². The fourth-order valence-corrected chi connectivity index (χ4v) is 1.84. The minimum absolute atomic E-state index is 0. The lowest BCUT2D eigenvalue weighted by molar-refractivity contribution is -0.130. The van der Waals surface area contributed by atoms with Crippen LogP contribution in [0.25, 0.3) is 0 Å². The maximum atomic E-state index is 12.1. The van der Waals surface area contributed by atoms with Gasteiger partial charge in [0.2, 0.25) is 5.91 Å². The van der Waals surface area contributed by atoms with Gasteiger partial charge in [0.25, 0.3) is 0 Å². The molecule has 2 N–H and O–H groups in total. The topological polar surface area (TPSA) is 72.4 Å². The number of aromatic nitrogens is 1. The molecule has 110 valence electrons. The zero-order chi connectivity index (χ0) is 13.9. The van der Waals surface area contributed by atoms with Crippen LogP contribution in [0.2, 0.25) is 0 Å². The molecule has 0 aliphatic heterocycles. The summed E-state index contributed by atoms with van der Waals surface area (Å²) in [5, 5.41) is 3.85. The number of hydrogen-bond donors (Lipinski definition) is 1. The number of halogens is 1. The molecule has 0 unspecified atom stereocenters. The lowest BCUT2D eigenvalue weighted by atomic mass is 9.93. The van der Waals surface area contributed by atoms with Crippen LogP contribution in [0.4, 0.5) is 0 Å². The first-order chi connectivity index (χ1) is 8.26. The summed E-state index contributed by atoms with van der Waals surface area (Å²) >= 11 is 0. The number of carbonyl (C=O) groups excluding carboxylic acids is 1. The van der Waals surface area contributed by atoms with E-state index in [4.69, 9.17) is 10.3 Å². The summed E-state index contributed by atoms with van der Waals surface area (Å²) < 4.78 is 5.06. The van der Waals surface area contributed by atoms with Gasteiger partial charge in [0, 0.05) is 19.2 Å². The van der Waals surface area contributed by atoms with Crippen LogP contribution in [-0.4, -0.2) is 36.1 Å². The van der Waals surface area contributed by atoms with Crippen molar-refractivity contribution in [2.45, 2.75) is 34.1 Å². The Morgan fingerprint density at radius 3 is 2.42 bits per heavy atom. The molecular formula is C13H24ClN3O2. The third-order valence-corrected chi connectivity index (χ3v) is 3.15. The molecule has 0 saturated carbocycles. The molecule has 0 saturated heterocycles. The van der Waals surface area contributed by atoms with Gasteiger partial charge in [0.05, 0.1) is 12.1 Å². The van der Waals surface area contributed by atoms with Crippen LogP contribution < -0.4 is 5.73 Å². The molecule has 0 fully saturated rings. The number of amides is 1. The Morgan fingerprint density at radius 2 is 2.00 bits per heavy atom. The molecule has 6 heteroatoms. The van der Waals surface area contributed by atoms with Crippen molar-refractivity contribution in [1.29, 1.82) is 0 Å². The minimum Gasteiger partial charge on any atom is -0.361 e. The Balaban J connectivity index is 0.00000324. The number of aryl methyl sites for hydroxylation is 2. The highest BCUT2D eigenvalue weighted by Crippen LogP contribution is 2.17. The fraction of sp³-hybridized carbons (Fsp3) is 0.692. The maximum Gasteiger partial charge on any atom is 0.226 e. The van der Waals surface area contributed by atoms with Crippen LogP contribution in [0.3, 0.4) is 0 Å². The summed E-state index contributed by atoms with van der Waals surface area (Å²) in [5.74, 6) is 0.776. The van der Waals surface area contributed by atoms with Crippen molar-refractivity contribution in [2.24, 2.45) is 11.1 Å². The summed E-state index contributed by atoms with van der Waals surface area (Å²) in [7, 11) is 1.80. The zero-order valence-corrected chi connectivity index (χ0v) is 13.1. The third-order valence-electron chi connectivity index (χ3n) is 3.15. The second kappa shape index (κ2) is 6.91. The van der Waals surface area contributed by atoms with Gasteiger partial charge in [0.15, 0.2) is 0 Å². The smallest absolute Gasteiger partial charge is 0.226 e. The van der Waals surface area contributed by atoms with Crippen molar-refractivity contribution in [3.8, 4) is 0 Å². The van der Waals surface area contributed by atoms with E-state index in [2.05, 4.69) is 5.16 Å². The average Bonchev–Trinajstić information content (AvgIpc) is 2.60. The molecule has 19 heavy (non-hydrogen) atoms. The van der Waals surface area contributed by atoms with E-state index in [0.717, 1.165) is 11.3 Å². The molecule has 0 spiro atoms. The monoisotopic (exact) mass is 289 g/mol. The Hall–Kier alpha value is -1.07.